The standard InChI is InChI=1S/C11H9ClN4O/c12-8-3-1-2-4-10(8)17-6-9-7(5-13)11(14)16-15-9/h1-4H,6H2,(H3,14,15,16). The number of ether oxygens (including phenoxy) is 1. The van der Waals surface area contributed by atoms with Gasteiger partial charge in [-0.1, -0.05) is 23.7 Å². The van der Waals surface area contributed by atoms with E-state index in [-0.39, 0.29) is 12.4 Å². The summed E-state index contributed by atoms with van der Waals surface area (Å²) in [6.07, 6.45) is 0. The number of benzene rings is 1. The fourth-order valence-electron chi connectivity index (χ4n) is 1.34. The minimum Gasteiger partial charge on any atom is -0.486 e. The van der Waals surface area contributed by atoms with Crippen LogP contribution in [0.4, 0.5) is 5.82 Å². The number of aromatic amines is 1. The van der Waals surface area contributed by atoms with Gasteiger partial charge >= 0.3 is 0 Å². The number of para-hydroxylation sites is 1. The topological polar surface area (TPSA) is 87.7 Å². The van der Waals surface area contributed by atoms with Gasteiger partial charge in [-0.25, -0.2) is 0 Å². The zero-order valence-electron chi connectivity index (χ0n) is 8.77. The monoisotopic (exact) mass is 248 g/mol. The Bertz CT molecular complexity index is 573. The molecule has 0 aliphatic rings. The van der Waals surface area contributed by atoms with Gasteiger partial charge < -0.3 is 10.5 Å². The van der Waals surface area contributed by atoms with Crippen molar-refractivity contribution in [1.29, 1.82) is 5.26 Å². The summed E-state index contributed by atoms with van der Waals surface area (Å²) in [5.41, 5.74) is 6.34. The van der Waals surface area contributed by atoms with Crippen LogP contribution in [0.2, 0.25) is 5.02 Å². The molecule has 3 N–H and O–H groups in total. The van der Waals surface area contributed by atoms with Gasteiger partial charge in [0.1, 0.15) is 24.0 Å². The molecule has 0 spiro atoms. The third-order valence-electron chi connectivity index (χ3n) is 2.19. The van der Waals surface area contributed by atoms with E-state index in [1.54, 1.807) is 12.1 Å². The van der Waals surface area contributed by atoms with Gasteiger partial charge in [-0.3, -0.25) is 5.10 Å². The number of nitrogens with zero attached hydrogens (tertiary/aromatic N) is 2. The molecule has 1 aromatic heterocycles. The van der Waals surface area contributed by atoms with Crippen molar-refractivity contribution < 1.29 is 4.74 Å². The molecule has 2 aromatic rings. The van der Waals surface area contributed by atoms with Gasteiger partial charge in [0, 0.05) is 0 Å². The number of rotatable bonds is 3. The van der Waals surface area contributed by atoms with Crippen molar-refractivity contribution in [2.24, 2.45) is 0 Å². The van der Waals surface area contributed by atoms with E-state index in [1.165, 1.54) is 0 Å². The van der Waals surface area contributed by atoms with Crippen LogP contribution in [-0.4, -0.2) is 10.2 Å². The van der Waals surface area contributed by atoms with Gasteiger partial charge in [-0.05, 0) is 12.1 Å². The first-order valence-electron chi connectivity index (χ1n) is 4.82. The van der Waals surface area contributed by atoms with Crippen molar-refractivity contribution in [3.63, 3.8) is 0 Å². The number of hydrogen-bond acceptors (Lipinski definition) is 4. The van der Waals surface area contributed by atoms with Crippen molar-refractivity contribution in [2.45, 2.75) is 6.61 Å². The summed E-state index contributed by atoms with van der Waals surface area (Å²) in [6, 6.07) is 9.06. The van der Waals surface area contributed by atoms with E-state index in [1.807, 2.05) is 18.2 Å². The van der Waals surface area contributed by atoms with Crippen LogP contribution in [0.3, 0.4) is 0 Å². The summed E-state index contributed by atoms with van der Waals surface area (Å²) >= 11 is 5.93. The van der Waals surface area contributed by atoms with Crippen LogP contribution in [0, 0.1) is 11.3 Å². The van der Waals surface area contributed by atoms with E-state index >= 15 is 0 Å². The Balaban J connectivity index is 2.13. The van der Waals surface area contributed by atoms with E-state index in [4.69, 9.17) is 27.3 Å². The van der Waals surface area contributed by atoms with E-state index < -0.39 is 0 Å². The summed E-state index contributed by atoms with van der Waals surface area (Å²) in [5, 5.41) is 15.8. The van der Waals surface area contributed by atoms with Crippen LogP contribution < -0.4 is 10.5 Å². The smallest absolute Gasteiger partial charge is 0.163 e. The third-order valence-corrected chi connectivity index (χ3v) is 2.50. The first-order chi connectivity index (χ1) is 8.22. The third kappa shape index (κ3) is 2.32. The fraction of sp³-hybridized carbons (Fsp3) is 0.0909. The summed E-state index contributed by atoms with van der Waals surface area (Å²) in [4.78, 5) is 0. The molecule has 17 heavy (non-hydrogen) atoms. The zero-order chi connectivity index (χ0) is 12.3. The van der Waals surface area contributed by atoms with Crippen molar-refractivity contribution in [1.82, 2.24) is 10.2 Å². The molecule has 6 heteroatoms. The number of nitrogens with one attached hydrogen (secondary N) is 1. The molecule has 0 aliphatic carbocycles. The molecule has 0 bridgehead atoms. The largest absolute Gasteiger partial charge is 0.486 e. The highest BCUT2D eigenvalue weighted by molar-refractivity contribution is 6.32. The summed E-state index contributed by atoms with van der Waals surface area (Å²) in [5.74, 6) is 0.719. The van der Waals surface area contributed by atoms with Crippen LogP contribution >= 0.6 is 11.6 Å². The maximum absolute atomic E-state index is 8.87. The minimum atomic E-state index is 0.164. The summed E-state index contributed by atoms with van der Waals surface area (Å²) in [6.45, 7) is 0.164. The van der Waals surface area contributed by atoms with Crippen LogP contribution in [0.15, 0.2) is 24.3 Å². The number of halogens is 1. The molecule has 5 nitrogen and oxygen atoms in total. The minimum absolute atomic E-state index is 0.164. The zero-order valence-corrected chi connectivity index (χ0v) is 9.53. The van der Waals surface area contributed by atoms with Gasteiger partial charge in [0.05, 0.1) is 10.7 Å². The lowest BCUT2D eigenvalue weighted by atomic mass is 10.2. The highest BCUT2D eigenvalue weighted by Gasteiger charge is 2.11. The van der Waals surface area contributed by atoms with Gasteiger partial charge in [0.2, 0.25) is 0 Å². The molecule has 2 rings (SSSR count). The quantitative estimate of drug-likeness (QED) is 0.871. The number of hydrogen-bond donors (Lipinski definition) is 2. The summed E-state index contributed by atoms with van der Waals surface area (Å²) < 4.78 is 5.47. The maximum atomic E-state index is 8.87. The normalized spacial score (nSPS) is 9.88. The Morgan fingerprint density at radius 1 is 1.47 bits per heavy atom. The maximum Gasteiger partial charge on any atom is 0.163 e. The Labute approximate surface area is 103 Å². The average Bonchev–Trinajstić information content (AvgIpc) is 2.69. The number of nitriles is 1. The lowest BCUT2D eigenvalue weighted by molar-refractivity contribution is 0.301. The first-order valence-corrected chi connectivity index (χ1v) is 5.20. The van der Waals surface area contributed by atoms with Crippen molar-refractivity contribution in [3.8, 4) is 11.8 Å². The average molecular weight is 249 g/mol. The van der Waals surface area contributed by atoms with Gasteiger partial charge in [0.15, 0.2) is 5.82 Å². The molecule has 0 atom stereocenters. The number of aromatic nitrogens is 2. The second kappa shape index (κ2) is 4.76. The van der Waals surface area contributed by atoms with E-state index in [2.05, 4.69) is 10.2 Å². The lowest BCUT2D eigenvalue weighted by Crippen LogP contribution is -1.98. The molecule has 1 heterocycles. The predicted molar refractivity (Wildman–Crippen MR) is 63.5 cm³/mol. The molecule has 0 saturated carbocycles. The first kappa shape index (κ1) is 11.3. The van der Waals surface area contributed by atoms with Gasteiger partial charge in [-0.15, -0.1) is 0 Å². The van der Waals surface area contributed by atoms with E-state index in [0.717, 1.165) is 0 Å². The summed E-state index contributed by atoms with van der Waals surface area (Å²) in [7, 11) is 0. The molecule has 0 amide bonds. The Morgan fingerprint density at radius 2 is 2.24 bits per heavy atom. The van der Waals surface area contributed by atoms with Crippen molar-refractivity contribution in [3.05, 3.63) is 40.5 Å². The second-order valence-electron chi connectivity index (χ2n) is 3.29. The fourth-order valence-corrected chi connectivity index (χ4v) is 1.53. The molecule has 0 fully saturated rings. The SMILES string of the molecule is N#Cc1c(N)n[nH]c1COc1ccccc1Cl. The number of H-pyrrole nitrogens is 1. The van der Waals surface area contributed by atoms with Gasteiger partial charge in [0.25, 0.3) is 0 Å². The van der Waals surface area contributed by atoms with Crippen molar-refractivity contribution in [2.75, 3.05) is 5.73 Å². The molecule has 0 aliphatic heterocycles. The Kier molecular flexibility index (Phi) is 3.17. The van der Waals surface area contributed by atoms with Crippen LogP contribution in [0.1, 0.15) is 11.3 Å². The number of nitrogen functional groups attached to an aromatic ring is 1. The molecule has 86 valence electrons. The molecule has 0 saturated heterocycles. The molecular formula is C11H9ClN4O. The number of anilines is 1. The second-order valence-corrected chi connectivity index (χ2v) is 3.70. The predicted octanol–water partition coefficient (Wildman–Crippen LogP) is 2.10. The Morgan fingerprint density at radius 3 is 2.94 bits per heavy atom. The number of nitrogens with two attached hydrogens (primary N) is 1. The van der Waals surface area contributed by atoms with Crippen LogP contribution in [0.25, 0.3) is 0 Å². The van der Waals surface area contributed by atoms with E-state index in [9.17, 15) is 0 Å². The molecule has 0 unspecified atom stereocenters. The lowest BCUT2D eigenvalue weighted by Gasteiger charge is -2.06. The molecule has 1 aromatic carbocycles. The van der Waals surface area contributed by atoms with Gasteiger partial charge in [-0.2, -0.15) is 10.4 Å². The van der Waals surface area contributed by atoms with Crippen LogP contribution in [-0.2, 0) is 6.61 Å². The molecule has 0 radical (unpaired) electrons. The molecular weight excluding hydrogens is 240 g/mol. The Hall–Kier alpha value is -2.19. The van der Waals surface area contributed by atoms with Crippen LogP contribution in [0.5, 0.6) is 5.75 Å². The highest BCUT2D eigenvalue weighted by Crippen LogP contribution is 2.24. The van der Waals surface area contributed by atoms with E-state index in [0.29, 0.717) is 22.0 Å². The van der Waals surface area contributed by atoms with Crippen molar-refractivity contribution >= 4 is 17.4 Å². The highest BCUT2D eigenvalue weighted by atomic mass is 35.5.